The summed E-state index contributed by atoms with van der Waals surface area (Å²) in [5.74, 6) is -0.0811. The van der Waals surface area contributed by atoms with Gasteiger partial charge in [0.2, 0.25) is 11.8 Å². The first kappa shape index (κ1) is 17.0. The lowest BCUT2D eigenvalue weighted by Crippen LogP contribution is -2.33. The SMILES string of the molecule is CCc1ccc(NC(=O)CCN2C(=O)C(CC)SC2=S)cc1. The zero-order valence-corrected chi connectivity index (χ0v) is 14.4. The maximum absolute atomic E-state index is 12.1. The van der Waals surface area contributed by atoms with Gasteiger partial charge in [0.25, 0.3) is 0 Å². The maximum Gasteiger partial charge on any atom is 0.241 e. The van der Waals surface area contributed by atoms with Crippen molar-refractivity contribution >= 4 is 45.8 Å². The van der Waals surface area contributed by atoms with Gasteiger partial charge in [0, 0.05) is 18.7 Å². The fraction of sp³-hybridized carbons (Fsp3) is 0.438. The molecule has 118 valence electrons. The standard InChI is InChI=1S/C16H20N2O2S2/c1-3-11-5-7-12(8-6-11)17-14(19)9-10-18-15(20)13(4-2)22-16(18)21/h5-8,13H,3-4,9-10H2,1-2H3,(H,17,19). The Morgan fingerprint density at radius 2 is 2.00 bits per heavy atom. The molecule has 0 radical (unpaired) electrons. The molecule has 4 nitrogen and oxygen atoms in total. The predicted molar refractivity (Wildman–Crippen MR) is 95.0 cm³/mol. The minimum absolute atomic E-state index is 0.0256. The van der Waals surface area contributed by atoms with Crippen molar-refractivity contribution in [1.82, 2.24) is 4.90 Å². The van der Waals surface area contributed by atoms with Crippen molar-refractivity contribution in [2.45, 2.75) is 38.4 Å². The quantitative estimate of drug-likeness (QED) is 0.811. The average Bonchev–Trinajstić information content (AvgIpc) is 2.80. The second kappa shape index (κ2) is 7.74. The monoisotopic (exact) mass is 336 g/mol. The van der Waals surface area contributed by atoms with Crippen LogP contribution in [0.5, 0.6) is 0 Å². The summed E-state index contributed by atoms with van der Waals surface area (Å²) in [6.45, 7) is 4.40. The van der Waals surface area contributed by atoms with Gasteiger partial charge >= 0.3 is 0 Å². The second-order valence-corrected chi connectivity index (χ2v) is 6.96. The van der Waals surface area contributed by atoms with Crippen molar-refractivity contribution in [3.05, 3.63) is 29.8 Å². The van der Waals surface area contributed by atoms with Crippen LogP contribution in [0.4, 0.5) is 5.69 Å². The molecule has 22 heavy (non-hydrogen) atoms. The molecule has 1 aliphatic rings. The van der Waals surface area contributed by atoms with Gasteiger partial charge in [0.05, 0.1) is 5.25 Å². The largest absolute Gasteiger partial charge is 0.326 e. The van der Waals surface area contributed by atoms with Crippen LogP contribution in [0.15, 0.2) is 24.3 Å². The number of thiocarbonyl (C=S) groups is 1. The minimum Gasteiger partial charge on any atom is -0.326 e. The molecular formula is C16H20N2O2S2. The lowest BCUT2D eigenvalue weighted by molar-refractivity contribution is -0.126. The molecule has 0 aromatic heterocycles. The maximum atomic E-state index is 12.1. The first-order valence-electron chi connectivity index (χ1n) is 7.46. The highest BCUT2D eigenvalue weighted by atomic mass is 32.2. The third-order valence-corrected chi connectivity index (χ3v) is 5.33. The Kier molecular flexibility index (Phi) is 5.97. The lowest BCUT2D eigenvalue weighted by Gasteiger charge is -2.15. The number of benzene rings is 1. The molecule has 6 heteroatoms. The number of nitrogens with one attached hydrogen (secondary N) is 1. The minimum atomic E-state index is -0.107. The molecule has 1 aromatic carbocycles. The molecule has 0 saturated carbocycles. The summed E-state index contributed by atoms with van der Waals surface area (Å²) in [6, 6.07) is 7.78. The van der Waals surface area contributed by atoms with Crippen LogP contribution in [0.25, 0.3) is 0 Å². The van der Waals surface area contributed by atoms with Crippen LogP contribution in [-0.2, 0) is 16.0 Å². The molecule has 1 heterocycles. The van der Waals surface area contributed by atoms with Crippen LogP contribution in [-0.4, -0.2) is 32.8 Å². The van der Waals surface area contributed by atoms with E-state index in [-0.39, 0.29) is 23.5 Å². The molecule has 0 bridgehead atoms. The molecular weight excluding hydrogens is 316 g/mol. The van der Waals surface area contributed by atoms with Crippen molar-refractivity contribution in [1.29, 1.82) is 0 Å². The topological polar surface area (TPSA) is 49.4 Å². The lowest BCUT2D eigenvalue weighted by atomic mass is 10.1. The molecule has 1 fully saturated rings. The third-order valence-electron chi connectivity index (χ3n) is 3.58. The summed E-state index contributed by atoms with van der Waals surface area (Å²) < 4.78 is 0.581. The number of anilines is 1. The molecule has 2 rings (SSSR count). The van der Waals surface area contributed by atoms with E-state index in [0.29, 0.717) is 10.9 Å². The van der Waals surface area contributed by atoms with Gasteiger partial charge in [-0.05, 0) is 30.5 Å². The zero-order valence-electron chi connectivity index (χ0n) is 12.8. The number of aryl methyl sites for hydroxylation is 1. The van der Waals surface area contributed by atoms with Gasteiger partial charge in [-0.15, -0.1) is 0 Å². The highest BCUT2D eigenvalue weighted by Crippen LogP contribution is 2.29. The number of nitrogens with zero attached hydrogens (tertiary/aromatic N) is 1. The molecule has 1 atom stereocenters. The van der Waals surface area contributed by atoms with E-state index in [4.69, 9.17) is 12.2 Å². The first-order valence-corrected chi connectivity index (χ1v) is 8.74. The number of carbonyl (C=O) groups excluding carboxylic acids is 2. The number of hydrogen-bond acceptors (Lipinski definition) is 4. The number of thioether (sulfide) groups is 1. The summed E-state index contributed by atoms with van der Waals surface area (Å²) in [6.07, 6.45) is 1.98. The van der Waals surface area contributed by atoms with E-state index in [1.54, 1.807) is 4.90 Å². The van der Waals surface area contributed by atoms with E-state index >= 15 is 0 Å². The Hall–Kier alpha value is -1.40. The van der Waals surface area contributed by atoms with E-state index in [1.165, 1.54) is 17.3 Å². The summed E-state index contributed by atoms with van der Waals surface area (Å²) in [5.41, 5.74) is 2.01. The van der Waals surface area contributed by atoms with E-state index < -0.39 is 0 Å². The van der Waals surface area contributed by atoms with Gasteiger partial charge in [-0.1, -0.05) is 50.0 Å². The fourth-order valence-electron chi connectivity index (χ4n) is 2.22. The highest BCUT2D eigenvalue weighted by molar-refractivity contribution is 8.24. The van der Waals surface area contributed by atoms with Crippen molar-refractivity contribution in [3.8, 4) is 0 Å². The Balaban J connectivity index is 1.85. The van der Waals surface area contributed by atoms with Gasteiger partial charge in [-0.25, -0.2) is 0 Å². The highest BCUT2D eigenvalue weighted by Gasteiger charge is 2.35. The van der Waals surface area contributed by atoms with E-state index in [1.807, 2.05) is 31.2 Å². The van der Waals surface area contributed by atoms with Crippen molar-refractivity contribution < 1.29 is 9.59 Å². The van der Waals surface area contributed by atoms with Crippen LogP contribution in [0, 0.1) is 0 Å². The predicted octanol–water partition coefficient (Wildman–Crippen LogP) is 3.22. The van der Waals surface area contributed by atoms with Gasteiger partial charge in [-0.3, -0.25) is 14.5 Å². The number of amides is 2. The fourth-order valence-corrected chi connectivity index (χ4v) is 3.70. The smallest absolute Gasteiger partial charge is 0.241 e. The van der Waals surface area contributed by atoms with Crippen LogP contribution < -0.4 is 5.32 Å². The van der Waals surface area contributed by atoms with Crippen molar-refractivity contribution in [3.63, 3.8) is 0 Å². The first-order chi connectivity index (χ1) is 10.5. The number of hydrogen-bond donors (Lipinski definition) is 1. The van der Waals surface area contributed by atoms with E-state index in [9.17, 15) is 9.59 Å². The molecule has 1 aliphatic heterocycles. The summed E-state index contributed by atoms with van der Waals surface area (Å²) >= 11 is 6.62. The molecule has 1 unspecified atom stereocenters. The van der Waals surface area contributed by atoms with Crippen LogP contribution >= 0.6 is 24.0 Å². The van der Waals surface area contributed by atoms with Crippen molar-refractivity contribution in [2.75, 3.05) is 11.9 Å². The van der Waals surface area contributed by atoms with Crippen molar-refractivity contribution in [2.24, 2.45) is 0 Å². The van der Waals surface area contributed by atoms with Gasteiger partial charge < -0.3 is 5.32 Å². The molecule has 2 amide bonds. The van der Waals surface area contributed by atoms with Gasteiger partial charge in [-0.2, -0.15) is 0 Å². The van der Waals surface area contributed by atoms with E-state index in [2.05, 4.69) is 12.2 Å². The zero-order chi connectivity index (χ0) is 16.1. The molecule has 1 aromatic rings. The summed E-state index contributed by atoms with van der Waals surface area (Å²) in [7, 11) is 0. The van der Waals surface area contributed by atoms with Gasteiger partial charge in [0.1, 0.15) is 4.32 Å². The number of carbonyl (C=O) groups is 2. The number of rotatable bonds is 6. The van der Waals surface area contributed by atoms with Gasteiger partial charge in [0.15, 0.2) is 0 Å². The van der Waals surface area contributed by atoms with Crippen LogP contribution in [0.3, 0.4) is 0 Å². The molecule has 1 N–H and O–H groups in total. The Bertz CT molecular complexity index is 572. The molecule has 0 spiro atoms. The molecule has 1 saturated heterocycles. The van der Waals surface area contributed by atoms with Crippen LogP contribution in [0.1, 0.15) is 32.3 Å². The van der Waals surface area contributed by atoms with Crippen LogP contribution in [0.2, 0.25) is 0 Å². The average molecular weight is 336 g/mol. The Morgan fingerprint density at radius 1 is 1.32 bits per heavy atom. The summed E-state index contributed by atoms with van der Waals surface area (Å²) in [5, 5.41) is 2.76. The molecule has 0 aliphatic carbocycles. The Morgan fingerprint density at radius 3 is 2.55 bits per heavy atom. The summed E-state index contributed by atoms with van der Waals surface area (Å²) in [4.78, 5) is 25.6. The van der Waals surface area contributed by atoms with E-state index in [0.717, 1.165) is 18.5 Å². The third kappa shape index (κ3) is 4.08. The Labute approximate surface area is 140 Å². The normalized spacial score (nSPS) is 17.9. The second-order valence-electron chi connectivity index (χ2n) is 5.12.